The Bertz CT molecular complexity index is 540. The molecule has 1 rings (SSSR count). The van der Waals surface area contributed by atoms with Gasteiger partial charge in [0.15, 0.2) is 0 Å². The van der Waals surface area contributed by atoms with Crippen molar-refractivity contribution in [1.29, 1.82) is 0 Å². The highest BCUT2D eigenvalue weighted by atomic mass is 35.5. The molecule has 0 spiro atoms. The van der Waals surface area contributed by atoms with Crippen molar-refractivity contribution >= 4 is 28.9 Å². The Kier molecular flexibility index (Phi) is 6.36. The van der Waals surface area contributed by atoms with Gasteiger partial charge in [0.05, 0.1) is 16.0 Å². The molecule has 0 saturated heterocycles. The molecule has 1 atom stereocenters. The van der Waals surface area contributed by atoms with Crippen LogP contribution in [0.4, 0.5) is 15.8 Å². The Balaban J connectivity index is 2.65. The number of anilines is 1. The van der Waals surface area contributed by atoms with Crippen LogP contribution in [0.1, 0.15) is 26.7 Å². The molecule has 0 fully saturated rings. The van der Waals surface area contributed by atoms with Crippen LogP contribution in [0.25, 0.3) is 0 Å². The first kappa shape index (κ1) is 17.2. The van der Waals surface area contributed by atoms with E-state index in [0.717, 1.165) is 18.6 Å². The molecule has 1 amide bonds. The van der Waals surface area contributed by atoms with Crippen LogP contribution < -0.4 is 10.6 Å². The molecule has 0 bridgehead atoms. The Labute approximate surface area is 126 Å². The second kappa shape index (κ2) is 7.78. The molecule has 0 aromatic heterocycles. The minimum Gasteiger partial charge on any atom is -0.379 e. The molecule has 2 N–H and O–H groups in total. The number of halogens is 2. The lowest BCUT2D eigenvalue weighted by Gasteiger charge is -2.12. The lowest BCUT2D eigenvalue weighted by atomic mass is 10.2. The first-order valence-corrected chi connectivity index (χ1v) is 6.89. The third-order valence-corrected chi connectivity index (χ3v) is 3.21. The average Bonchev–Trinajstić information content (AvgIpc) is 2.41. The van der Waals surface area contributed by atoms with Crippen LogP contribution in [-0.2, 0) is 4.79 Å². The van der Waals surface area contributed by atoms with Crippen LogP contribution in [0.5, 0.6) is 0 Å². The average molecular weight is 318 g/mol. The van der Waals surface area contributed by atoms with E-state index in [4.69, 9.17) is 11.6 Å². The quantitative estimate of drug-likeness (QED) is 0.598. The van der Waals surface area contributed by atoms with Crippen molar-refractivity contribution in [2.24, 2.45) is 0 Å². The molecule has 1 aromatic carbocycles. The summed E-state index contributed by atoms with van der Waals surface area (Å²) in [5, 5.41) is 16.1. The minimum absolute atomic E-state index is 0.0760. The topological polar surface area (TPSA) is 84.3 Å². The number of amides is 1. The van der Waals surface area contributed by atoms with E-state index in [9.17, 15) is 19.3 Å². The lowest BCUT2D eigenvalue weighted by Crippen LogP contribution is -2.32. The number of nitrogens with zero attached hydrogens (tertiary/aromatic N) is 1. The minimum atomic E-state index is -0.858. The number of hydrogen-bond donors (Lipinski definition) is 2. The van der Waals surface area contributed by atoms with Crippen molar-refractivity contribution in [1.82, 2.24) is 5.32 Å². The summed E-state index contributed by atoms with van der Waals surface area (Å²) in [7, 11) is 0. The number of nitro benzene ring substituents is 1. The Morgan fingerprint density at radius 1 is 1.52 bits per heavy atom. The van der Waals surface area contributed by atoms with Crippen molar-refractivity contribution < 1.29 is 14.1 Å². The van der Waals surface area contributed by atoms with E-state index >= 15 is 0 Å². The first-order valence-electron chi connectivity index (χ1n) is 6.51. The van der Waals surface area contributed by atoms with Gasteiger partial charge in [-0.3, -0.25) is 14.9 Å². The molecule has 0 aliphatic rings. The number of nitrogens with one attached hydrogen (secondary N) is 2. The van der Waals surface area contributed by atoms with E-state index in [1.807, 2.05) is 13.8 Å². The summed E-state index contributed by atoms with van der Waals surface area (Å²) < 4.78 is 13.2. The highest BCUT2D eigenvalue weighted by Crippen LogP contribution is 2.30. The summed E-state index contributed by atoms with van der Waals surface area (Å²) in [6.45, 7) is 4.02. The monoisotopic (exact) mass is 317 g/mol. The molecule has 0 radical (unpaired) electrons. The molecule has 0 heterocycles. The first-order chi connectivity index (χ1) is 9.85. The van der Waals surface area contributed by atoms with Crippen molar-refractivity contribution in [3.8, 4) is 0 Å². The Morgan fingerprint density at radius 3 is 2.76 bits per heavy atom. The van der Waals surface area contributed by atoms with Gasteiger partial charge < -0.3 is 10.6 Å². The van der Waals surface area contributed by atoms with Crippen molar-refractivity contribution in [3.63, 3.8) is 0 Å². The van der Waals surface area contributed by atoms with Crippen LogP contribution in [0, 0.1) is 15.9 Å². The molecule has 0 saturated carbocycles. The van der Waals surface area contributed by atoms with Gasteiger partial charge in [-0.05, 0) is 19.4 Å². The van der Waals surface area contributed by atoms with Crippen molar-refractivity contribution in [2.75, 3.05) is 11.9 Å². The summed E-state index contributed by atoms with van der Waals surface area (Å²) in [6.07, 6.45) is 0.967. The third-order valence-electron chi connectivity index (χ3n) is 2.92. The number of carbonyl (C=O) groups is 1. The van der Waals surface area contributed by atoms with Gasteiger partial charge in [-0.15, -0.1) is 0 Å². The van der Waals surface area contributed by atoms with Gasteiger partial charge in [0.25, 0.3) is 5.69 Å². The van der Waals surface area contributed by atoms with Crippen LogP contribution in [0.15, 0.2) is 12.1 Å². The van der Waals surface area contributed by atoms with Gasteiger partial charge in [0, 0.05) is 19.0 Å². The maximum Gasteiger partial charge on any atom is 0.295 e. The van der Waals surface area contributed by atoms with E-state index in [-0.39, 0.29) is 35.6 Å². The van der Waals surface area contributed by atoms with E-state index < -0.39 is 16.4 Å². The predicted octanol–water partition coefficient (Wildman–Crippen LogP) is 3.10. The second-order valence-corrected chi connectivity index (χ2v) is 5.00. The molecule has 1 unspecified atom stereocenters. The van der Waals surface area contributed by atoms with Crippen LogP contribution in [0.3, 0.4) is 0 Å². The maximum atomic E-state index is 13.2. The van der Waals surface area contributed by atoms with Gasteiger partial charge in [-0.25, -0.2) is 4.39 Å². The summed E-state index contributed by atoms with van der Waals surface area (Å²) in [6, 6.07) is 1.97. The summed E-state index contributed by atoms with van der Waals surface area (Å²) in [5.74, 6) is -1.02. The number of rotatable bonds is 7. The van der Waals surface area contributed by atoms with E-state index in [1.54, 1.807) is 0 Å². The summed E-state index contributed by atoms with van der Waals surface area (Å²) in [5.41, 5.74) is -0.332. The smallest absolute Gasteiger partial charge is 0.295 e. The molecule has 6 nitrogen and oxygen atoms in total. The predicted molar refractivity (Wildman–Crippen MR) is 79.1 cm³/mol. The van der Waals surface area contributed by atoms with Crippen molar-refractivity contribution in [2.45, 2.75) is 32.7 Å². The number of benzene rings is 1. The molecular formula is C13H17ClFN3O3. The second-order valence-electron chi connectivity index (χ2n) is 4.59. The molecule has 0 aliphatic carbocycles. The summed E-state index contributed by atoms with van der Waals surface area (Å²) in [4.78, 5) is 21.7. The van der Waals surface area contributed by atoms with E-state index in [1.165, 1.54) is 0 Å². The van der Waals surface area contributed by atoms with Crippen LogP contribution in [-0.4, -0.2) is 23.4 Å². The van der Waals surface area contributed by atoms with Gasteiger partial charge in [0.1, 0.15) is 11.5 Å². The third kappa shape index (κ3) is 5.18. The van der Waals surface area contributed by atoms with Crippen LogP contribution >= 0.6 is 11.6 Å². The number of carbonyl (C=O) groups excluding carboxylic acids is 1. The lowest BCUT2D eigenvalue weighted by molar-refractivity contribution is -0.384. The van der Waals surface area contributed by atoms with Gasteiger partial charge in [-0.2, -0.15) is 0 Å². The molecule has 116 valence electrons. The maximum absolute atomic E-state index is 13.2. The SMILES string of the molecule is CCC(C)NC(=O)CCNc1cc(Cl)c(F)cc1[N+](=O)[O-]. The molecule has 1 aromatic rings. The number of nitro groups is 1. The van der Waals surface area contributed by atoms with Gasteiger partial charge in [-0.1, -0.05) is 18.5 Å². The fraction of sp³-hybridized carbons (Fsp3) is 0.462. The molecule has 0 aliphatic heterocycles. The zero-order valence-electron chi connectivity index (χ0n) is 11.8. The van der Waals surface area contributed by atoms with Gasteiger partial charge >= 0.3 is 0 Å². The zero-order valence-corrected chi connectivity index (χ0v) is 12.5. The van der Waals surface area contributed by atoms with E-state index in [0.29, 0.717) is 0 Å². The fourth-order valence-electron chi connectivity index (χ4n) is 1.59. The van der Waals surface area contributed by atoms with Crippen molar-refractivity contribution in [3.05, 3.63) is 33.1 Å². The highest BCUT2D eigenvalue weighted by molar-refractivity contribution is 6.31. The summed E-state index contributed by atoms with van der Waals surface area (Å²) >= 11 is 5.60. The largest absolute Gasteiger partial charge is 0.379 e. The Hall–Kier alpha value is -1.89. The molecule has 21 heavy (non-hydrogen) atoms. The highest BCUT2D eigenvalue weighted by Gasteiger charge is 2.17. The Morgan fingerprint density at radius 2 is 2.19 bits per heavy atom. The normalized spacial score (nSPS) is 11.8. The van der Waals surface area contributed by atoms with E-state index in [2.05, 4.69) is 10.6 Å². The fourth-order valence-corrected chi connectivity index (χ4v) is 1.75. The standard InChI is InChI=1S/C13H17ClFN3O3/c1-3-8(2)17-13(19)4-5-16-11-6-9(14)10(15)7-12(11)18(20)21/h6-8,16H,3-5H2,1-2H3,(H,17,19). The van der Waals surface area contributed by atoms with Crippen LogP contribution in [0.2, 0.25) is 5.02 Å². The molecule has 8 heteroatoms. The number of hydrogen-bond acceptors (Lipinski definition) is 4. The van der Waals surface area contributed by atoms with Gasteiger partial charge in [0.2, 0.25) is 5.91 Å². The zero-order chi connectivity index (χ0) is 16.0. The molecular weight excluding hydrogens is 301 g/mol.